The number of aromatic nitrogens is 3. The van der Waals surface area contributed by atoms with Crippen LogP contribution in [0.4, 0.5) is 4.79 Å². The Kier molecular flexibility index (Phi) is 4.99. The Balaban J connectivity index is 2.36. The third kappa shape index (κ3) is 3.41. The maximum absolute atomic E-state index is 12.4. The van der Waals surface area contributed by atoms with Gasteiger partial charge in [0.15, 0.2) is 0 Å². The zero-order valence-corrected chi connectivity index (χ0v) is 15.2. The molecule has 0 aliphatic heterocycles. The van der Waals surface area contributed by atoms with Crippen LogP contribution in [0.15, 0.2) is 15.8 Å². The summed E-state index contributed by atoms with van der Waals surface area (Å²) in [5.74, 6) is -0.702. The fraction of sp³-hybridized carbons (Fsp3) is 0.333. The number of methoxy groups -OCH3 is 2. The van der Waals surface area contributed by atoms with Gasteiger partial charge in [-0.25, -0.2) is 32.1 Å². The number of carbonyl (C=O) groups excluding carboxylic acids is 2. The number of carbonyl (C=O) groups is 2. The van der Waals surface area contributed by atoms with E-state index in [2.05, 4.69) is 9.84 Å². The molecule has 2 aromatic heterocycles. The van der Waals surface area contributed by atoms with E-state index in [0.29, 0.717) is 4.68 Å². The van der Waals surface area contributed by atoms with Crippen LogP contribution in [0, 0.1) is 6.92 Å². The van der Waals surface area contributed by atoms with Gasteiger partial charge in [-0.05, 0) is 13.0 Å². The number of aryl methyl sites for hydroxylation is 1. The number of ether oxygens (including phenoxy) is 2. The SMILES string of the molecule is COC(=O)c1cc(S(=O)(=O)NC(=O)n2nc(OC)n(C)c2=O)c(C)s1. The molecule has 2 aromatic rings. The van der Waals surface area contributed by atoms with Crippen molar-refractivity contribution in [3.05, 3.63) is 26.3 Å². The van der Waals surface area contributed by atoms with Gasteiger partial charge in [0.2, 0.25) is 0 Å². The zero-order valence-electron chi connectivity index (χ0n) is 13.6. The van der Waals surface area contributed by atoms with Crippen molar-refractivity contribution in [3.63, 3.8) is 0 Å². The monoisotopic (exact) mass is 390 g/mol. The highest BCUT2D eigenvalue weighted by Gasteiger charge is 2.27. The van der Waals surface area contributed by atoms with Crippen LogP contribution in [0.2, 0.25) is 0 Å². The number of hydrogen-bond donors (Lipinski definition) is 1. The van der Waals surface area contributed by atoms with Gasteiger partial charge < -0.3 is 9.47 Å². The van der Waals surface area contributed by atoms with Gasteiger partial charge in [-0.1, -0.05) is 0 Å². The van der Waals surface area contributed by atoms with E-state index in [9.17, 15) is 22.8 Å². The molecular formula is C12H14N4O7S2. The second kappa shape index (κ2) is 6.68. The zero-order chi connectivity index (χ0) is 18.9. The molecule has 0 bridgehead atoms. The number of nitrogens with one attached hydrogen (secondary N) is 1. The van der Waals surface area contributed by atoms with Crippen molar-refractivity contribution in [2.75, 3.05) is 14.2 Å². The summed E-state index contributed by atoms with van der Waals surface area (Å²) in [6, 6.07) is -0.366. The normalized spacial score (nSPS) is 11.2. The van der Waals surface area contributed by atoms with Crippen molar-refractivity contribution in [1.29, 1.82) is 0 Å². The molecule has 1 N–H and O–H groups in total. The van der Waals surface area contributed by atoms with E-state index in [1.807, 2.05) is 0 Å². The number of amides is 1. The molecule has 11 nitrogen and oxygen atoms in total. The molecule has 0 radical (unpaired) electrons. The maximum Gasteiger partial charge on any atom is 0.360 e. The third-order valence-corrected chi connectivity index (χ3v) is 5.69. The number of nitrogens with zero attached hydrogens (tertiary/aromatic N) is 3. The molecule has 0 aromatic carbocycles. The summed E-state index contributed by atoms with van der Waals surface area (Å²) in [6.07, 6.45) is 0. The summed E-state index contributed by atoms with van der Waals surface area (Å²) >= 11 is 0.897. The molecule has 0 atom stereocenters. The number of esters is 1. The smallest absolute Gasteiger partial charge is 0.360 e. The summed E-state index contributed by atoms with van der Waals surface area (Å²) in [4.78, 5) is 35.5. The van der Waals surface area contributed by atoms with Crippen molar-refractivity contribution < 1.29 is 27.5 Å². The first-order valence-electron chi connectivity index (χ1n) is 6.58. The van der Waals surface area contributed by atoms with Crippen molar-refractivity contribution in [3.8, 4) is 6.01 Å². The van der Waals surface area contributed by atoms with Crippen LogP contribution >= 0.6 is 11.3 Å². The molecule has 136 valence electrons. The molecule has 0 fully saturated rings. The minimum Gasteiger partial charge on any atom is -0.467 e. The van der Waals surface area contributed by atoms with Crippen LogP contribution in [0.3, 0.4) is 0 Å². The van der Waals surface area contributed by atoms with Crippen LogP contribution < -0.4 is 15.1 Å². The molecule has 25 heavy (non-hydrogen) atoms. The molecular weight excluding hydrogens is 376 g/mol. The minimum atomic E-state index is -4.33. The highest BCUT2D eigenvalue weighted by atomic mass is 32.2. The molecule has 2 rings (SSSR count). The van der Waals surface area contributed by atoms with Gasteiger partial charge in [0.1, 0.15) is 9.77 Å². The van der Waals surface area contributed by atoms with E-state index in [1.54, 1.807) is 4.72 Å². The Morgan fingerprint density at radius 1 is 1.32 bits per heavy atom. The molecule has 2 heterocycles. The Hall–Kier alpha value is -2.67. The highest BCUT2D eigenvalue weighted by Crippen LogP contribution is 2.26. The van der Waals surface area contributed by atoms with E-state index < -0.39 is 27.7 Å². The lowest BCUT2D eigenvalue weighted by molar-refractivity contribution is 0.0606. The highest BCUT2D eigenvalue weighted by molar-refractivity contribution is 7.90. The van der Waals surface area contributed by atoms with Gasteiger partial charge in [0.05, 0.1) is 14.2 Å². The quantitative estimate of drug-likeness (QED) is 0.702. The number of rotatable bonds is 4. The molecule has 13 heteroatoms. The van der Waals surface area contributed by atoms with E-state index in [4.69, 9.17) is 4.74 Å². The summed E-state index contributed by atoms with van der Waals surface area (Å²) in [5.41, 5.74) is -0.887. The second-order valence-corrected chi connectivity index (χ2v) is 7.58. The van der Waals surface area contributed by atoms with Crippen LogP contribution in [0.5, 0.6) is 6.01 Å². The Labute approximate surface area is 145 Å². The second-order valence-electron chi connectivity index (χ2n) is 4.67. The first kappa shape index (κ1) is 18.7. The van der Waals surface area contributed by atoms with Gasteiger partial charge >= 0.3 is 23.7 Å². The lowest BCUT2D eigenvalue weighted by atomic mass is 10.4. The number of thiophene rings is 1. The molecule has 0 spiro atoms. The summed E-state index contributed by atoms with van der Waals surface area (Å²) < 4.78 is 37.0. The summed E-state index contributed by atoms with van der Waals surface area (Å²) in [6.45, 7) is 1.46. The fourth-order valence-corrected chi connectivity index (χ4v) is 4.32. The number of sulfonamides is 1. The first-order valence-corrected chi connectivity index (χ1v) is 8.88. The summed E-state index contributed by atoms with van der Waals surface area (Å²) in [5, 5.41) is 3.57. The minimum absolute atomic E-state index is 0.0597. The Morgan fingerprint density at radius 3 is 2.48 bits per heavy atom. The van der Waals surface area contributed by atoms with Gasteiger partial charge in [-0.15, -0.1) is 21.1 Å². The van der Waals surface area contributed by atoms with E-state index in [1.165, 1.54) is 21.1 Å². The first-order chi connectivity index (χ1) is 11.6. The van der Waals surface area contributed by atoms with Crippen LogP contribution in [0.25, 0.3) is 0 Å². The molecule has 0 saturated heterocycles. The van der Waals surface area contributed by atoms with Crippen molar-refractivity contribution in [1.82, 2.24) is 19.1 Å². The Bertz CT molecular complexity index is 999. The van der Waals surface area contributed by atoms with Gasteiger partial charge in [-0.2, -0.15) is 0 Å². The van der Waals surface area contributed by atoms with E-state index >= 15 is 0 Å². The molecule has 0 aliphatic rings. The molecule has 0 aliphatic carbocycles. The van der Waals surface area contributed by atoms with Crippen LogP contribution in [-0.4, -0.2) is 49.0 Å². The predicted octanol–water partition coefficient (Wildman–Crippen LogP) is -0.306. The topological polar surface area (TPSA) is 139 Å². The summed E-state index contributed by atoms with van der Waals surface area (Å²) in [7, 11) is -0.629. The lowest BCUT2D eigenvalue weighted by Gasteiger charge is -2.04. The van der Waals surface area contributed by atoms with Crippen molar-refractivity contribution in [2.45, 2.75) is 11.8 Å². The van der Waals surface area contributed by atoms with Gasteiger partial charge in [0, 0.05) is 11.9 Å². The largest absolute Gasteiger partial charge is 0.467 e. The average molecular weight is 390 g/mol. The average Bonchev–Trinajstić information content (AvgIpc) is 3.08. The number of hydrogen-bond acceptors (Lipinski definition) is 9. The van der Waals surface area contributed by atoms with E-state index in [-0.39, 0.29) is 20.7 Å². The predicted molar refractivity (Wildman–Crippen MR) is 85.5 cm³/mol. The maximum atomic E-state index is 12.4. The molecule has 0 saturated carbocycles. The lowest BCUT2D eigenvalue weighted by Crippen LogP contribution is -2.40. The third-order valence-electron chi connectivity index (χ3n) is 3.09. The van der Waals surface area contributed by atoms with Gasteiger partial charge in [-0.3, -0.25) is 0 Å². The van der Waals surface area contributed by atoms with Crippen molar-refractivity contribution in [2.24, 2.45) is 7.05 Å². The van der Waals surface area contributed by atoms with Gasteiger partial charge in [0.25, 0.3) is 10.0 Å². The Morgan fingerprint density at radius 2 is 1.96 bits per heavy atom. The standard InChI is InChI=1S/C12H14N4O7S2/c1-6-8(5-7(24-6)9(17)22-3)25(20,21)14-10(18)16-12(19)15(2)11(13-16)23-4/h5H,1-4H3,(H,14,18). The molecule has 1 amide bonds. The van der Waals surface area contributed by atoms with Crippen LogP contribution in [-0.2, 0) is 21.8 Å². The van der Waals surface area contributed by atoms with Crippen LogP contribution in [0.1, 0.15) is 14.5 Å². The van der Waals surface area contributed by atoms with E-state index in [0.717, 1.165) is 29.1 Å². The van der Waals surface area contributed by atoms with Crippen molar-refractivity contribution >= 4 is 33.4 Å². The fourth-order valence-electron chi connectivity index (χ4n) is 1.88. The molecule has 0 unspecified atom stereocenters.